The van der Waals surface area contributed by atoms with Crippen molar-refractivity contribution in [1.82, 2.24) is 5.32 Å². The van der Waals surface area contributed by atoms with Gasteiger partial charge in [-0.15, -0.1) is 0 Å². The predicted molar refractivity (Wildman–Crippen MR) is 103 cm³/mol. The molecule has 1 aliphatic rings. The third kappa shape index (κ3) is 4.42. The van der Waals surface area contributed by atoms with E-state index >= 15 is 0 Å². The molecule has 0 heterocycles. The van der Waals surface area contributed by atoms with E-state index in [0.29, 0.717) is 10.8 Å². The van der Waals surface area contributed by atoms with Crippen molar-refractivity contribution in [2.75, 3.05) is 7.11 Å². The molecule has 5 nitrogen and oxygen atoms in total. The van der Waals surface area contributed by atoms with Crippen LogP contribution in [0, 0.1) is 0 Å². The van der Waals surface area contributed by atoms with E-state index in [1.807, 2.05) is 18.2 Å². The highest BCUT2D eigenvalue weighted by Gasteiger charge is 2.26. The van der Waals surface area contributed by atoms with Gasteiger partial charge < -0.3 is 14.8 Å². The Morgan fingerprint density at radius 1 is 1.22 bits per heavy atom. The number of hydrogen-bond donors (Lipinski definition) is 1. The summed E-state index contributed by atoms with van der Waals surface area (Å²) in [6, 6.07) is 12.7. The van der Waals surface area contributed by atoms with Gasteiger partial charge in [-0.3, -0.25) is 4.79 Å². The Morgan fingerprint density at radius 2 is 2.00 bits per heavy atom. The molecule has 2 unspecified atom stereocenters. The Bertz CT molecular complexity index is 852. The topological polar surface area (TPSA) is 64.6 Å². The van der Waals surface area contributed by atoms with E-state index in [1.54, 1.807) is 19.1 Å². The van der Waals surface area contributed by atoms with Crippen LogP contribution in [-0.2, 0) is 16.0 Å². The number of ether oxygens (including phenoxy) is 2. The van der Waals surface area contributed by atoms with Gasteiger partial charge in [-0.2, -0.15) is 0 Å². The Labute approximate surface area is 163 Å². The van der Waals surface area contributed by atoms with Gasteiger partial charge in [-0.1, -0.05) is 35.9 Å². The number of benzene rings is 2. The molecule has 0 aromatic heterocycles. The fourth-order valence-corrected chi connectivity index (χ4v) is 3.48. The highest BCUT2D eigenvalue weighted by Crippen LogP contribution is 2.29. The lowest BCUT2D eigenvalue weighted by Crippen LogP contribution is -2.39. The molecule has 0 bridgehead atoms. The van der Waals surface area contributed by atoms with Gasteiger partial charge in [0.2, 0.25) is 0 Å². The molecule has 2 aromatic carbocycles. The van der Waals surface area contributed by atoms with E-state index in [1.165, 1.54) is 18.7 Å². The minimum Gasteiger partial charge on any atom is -0.496 e. The number of carbonyl (C=O) groups is 2. The molecule has 27 heavy (non-hydrogen) atoms. The fourth-order valence-electron chi connectivity index (χ4n) is 3.31. The van der Waals surface area contributed by atoms with Gasteiger partial charge in [0, 0.05) is 5.02 Å². The molecular weight excluding hydrogens is 366 g/mol. The summed E-state index contributed by atoms with van der Waals surface area (Å²) in [6.07, 6.45) is 1.96. The third-order valence-corrected chi connectivity index (χ3v) is 4.96. The molecule has 2 aromatic rings. The van der Waals surface area contributed by atoms with Crippen molar-refractivity contribution < 1.29 is 19.1 Å². The van der Waals surface area contributed by atoms with Crippen LogP contribution in [0.25, 0.3) is 0 Å². The monoisotopic (exact) mass is 387 g/mol. The van der Waals surface area contributed by atoms with Crippen LogP contribution in [0.5, 0.6) is 5.75 Å². The van der Waals surface area contributed by atoms with E-state index in [0.717, 1.165) is 24.8 Å². The van der Waals surface area contributed by atoms with E-state index in [9.17, 15) is 9.59 Å². The van der Waals surface area contributed by atoms with E-state index in [2.05, 4.69) is 11.4 Å². The number of rotatable bonds is 5. The summed E-state index contributed by atoms with van der Waals surface area (Å²) in [7, 11) is 1.46. The first-order chi connectivity index (χ1) is 13.0. The number of methoxy groups -OCH3 is 1. The van der Waals surface area contributed by atoms with Crippen molar-refractivity contribution in [1.29, 1.82) is 0 Å². The summed E-state index contributed by atoms with van der Waals surface area (Å²) in [4.78, 5) is 25.0. The molecule has 1 aliphatic carbocycles. The normalized spacial score (nSPS) is 16.8. The summed E-state index contributed by atoms with van der Waals surface area (Å²) in [5, 5.41) is 3.39. The number of nitrogens with one attached hydrogen (secondary N) is 1. The van der Waals surface area contributed by atoms with Crippen molar-refractivity contribution in [3.05, 3.63) is 64.2 Å². The lowest BCUT2D eigenvalue weighted by Gasteiger charge is -2.27. The van der Waals surface area contributed by atoms with Crippen molar-refractivity contribution in [2.24, 2.45) is 0 Å². The van der Waals surface area contributed by atoms with Crippen LogP contribution in [0.4, 0.5) is 0 Å². The van der Waals surface area contributed by atoms with Crippen molar-refractivity contribution in [3.8, 4) is 5.75 Å². The number of carbonyl (C=O) groups excluding carboxylic acids is 2. The quantitative estimate of drug-likeness (QED) is 0.785. The number of amides is 1. The van der Waals surface area contributed by atoms with Gasteiger partial charge in [0.25, 0.3) is 5.91 Å². The first-order valence-electron chi connectivity index (χ1n) is 8.92. The molecule has 0 radical (unpaired) electrons. The minimum absolute atomic E-state index is 0.0655. The second-order valence-corrected chi connectivity index (χ2v) is 6.98. The third-order valence-electron chi connectivity index (χ3n) is 4.72. The highest BCUT2D eigenvalue weighted by molar-refractivity contribution is 6.31. The van der Waals surface area contributed by atoms with Crippen LogP contribution in [0.15, 0.2) is 42.5 Å². The maximum atomic E-state index is 12.6. The first-order valence-corrected chi connectivity index (χ1v) is 9.30. The molecular formula is C21H22ClNO4. The van der Waals surface area contributed by atoms with E-state index in [4.69, 9.17) is 21.1 Å². The average Bonchev–Trinajstić information content (AvgIpc) is 2.68. The number of fused-ring (bicyclic) bond motifs is 1. The van der Waals surface area contributed by atoms with Gasteiger partial charge in [0.15, 0.2) is 6.10 Å². The SMILES string of the molecule is COc1ccc(Cl)cc1C(=O)OC(C)C(=O)NC1CCCc2ccccc21. The summed E-state index contributed by atoms with van der Waals surface area (Å²) >= 11 is 5.95. The number of hydrogen-bond acceptors (Lipinski definition) is 4. The number of esters is 1. The van der Waals surface area contributed by atoms with Crippen LogP contribution in [0.2, 0.25) is 5.02 Å². The Hall–Kier alpha value is -2.53. The van der Waals surface area contributed by atoms with Crippen molar-refractivity contribution >= 4 is 23.5 Å². The first kappa shape index (κ1) is 19.2. The zero-order chi connectivity index (χ0) is 19.4. The molecule has 142 valence electrons. The molecule has 6 heteroatoms. The van der Waals surface area contributed by atoms with Crippen LogP contribution < -0.4 is 10.1 Å². The van der Waals surface area contributed by atoms with Crippen molar-refractivity contribution in [2.45, 2.75) is 38.3 Å². The average molecular weight is 388 g/mol. The Balaban J connectivity index is 1.67. The minimum atomic E-state index is -0.935. The number of halogens is 1. The highest BCUT2D eigenvalue weighted by atomic mass is 35.5. The summed E-state index contributed by atoms with van der Waals surface area (Å²) in [5.74, 6) is -0.634. The van der Waals surface area contributed by atoms with Gasteiger partial charge in [0.1, 0.15) is 11.3 Å². The molecule has 1 N–H and O–H groups in total. The lowest BCUT2D eigenvalue weighted by atomic mass is 9.87. The standard InChI is InChI=1S/C21H22ClNO4/c1-13(27-21(25)17-12-15(22)10-11-19(17)26-2)20(24)23-18-9-5-7-14-6-3-4-8-16(14)18/h3-4,6,8,10-13,18H,5,7,9H2,1-2H3,(H,23,24). The molecule has 0 saturated carbocycles. The summed E-state index contributed by atoms with van der Waals surface area (Å²) in [6.45, 7) is 1.55. The smallest absolute Gasteiger partial charge is 0.342 e. The molecule has 1 amide bonds. The Kier molecular flexibility index (Phi) is 6.01. The zero-order valence-electron chi connectivity index (χ0n) is 15.3. The molecule has 3 rings (SSSR count). The largest absolute Gasteiger partial charge is 0.496 e. The van der Waals surface area contributed by atoms with Gasteiger partial charge in [-0.25, -0.2) is 4.79 Å². The lowest BCUT2D eigenvalue weighted by molar-refractivity contribution is -0.130. The molecule has 0 saturated heterocycles. The van der Waals surface area contributed by atoms with E-state index < -0.39 is 12.1 Å². The summed E-state index contributed by atoms with van der Waals surface area (Å²) < 4.78 is 10.5. The summed E-state index contributed by atoms with van der Waals surface area (Å²) in [5.41, 5.74) is 2.57. The second-order valence-electron chi connectivity index (χ2n) is 6.54. The van der Waals surface area contributed by atoms with Gasteiger partial charge in [-0.05, 0) is 55.5 Å². The second kappa shape index (κ2) is 8.44. The van der Waals surface area contributed by atoms with E-state index in [-0.39, 0.29) is 17.5 Å². The molecule has 2 atom stereocenters. The fraction of sp³-hybridized carbons (Fsp3) is 0.333. The maximum Gasteiger partial charge on any atom is 0.342 e. The van der Waals surface area contributed by atoms with Gasteiger partial charge in [0.05, 0.1) is 13.2 Å². The molecule has 0 fully saturated rings. The Morgan fingerprint density at radius 3 is 2.78 bits per heavy atom. The maximum absolute atomic E-state index is 12.6. The van der Waals surface area contributed by atoms with Crippen LogP contribution in [-0.4, -0.2) is 25.1 Å². The zero-order valence-corrected chi connectivity index (χ0v) is 16.1. The van der Waals surface area contributed by atoms with Crippen LogP contribution in [0.1, 0.15) is 47.3 Å². The van der Waals surface area contributed by atoms with Crippen LogP contribution in [0.3, 0.4) is 0 Å². The molecule has 0 aliphatic heterocycles. The molecule has 0 spiro atoms. The van der Waals surface area contributed by atoms with Gasteiger partial charge >= 0.3 is 5.97 Å². The van der Waals surface area contributed by atoms with Crippen molar-refractivity contribution in [3.63, 3.8) is 0 Å². The predicted octanol–water partition coefficient (Wildman–Crippen LogP) is 4.09. The van der Waals surface area contributed by atoms with Crippen LogP contribution >= 0.6 is 11.6 Å². The number of aryl methyl sites for hydroxylation is 1.